The Morgan fingerprint density at radius 2 is 2.09 bits per heavy atom. The molecule has 0 radical (unpaired) electrons. The maximum absolute atomic E-state index is 5.67. The summed E-state index contributed by atoms with van der Waals surface area (Å²) in [6.45, 7) is 2.02. The lowest BCUT2D eigenvalue weighted by Gasteiger charge is -2.00. The maximum atomic E-state index is 5.67. The number of nitrogens with two attached hydrogens (primary N) is 2. The largest absolute Gasteiger partial charge is 0.405 e. The number of hydrogen-bond acceptors (Lipinski definition) is 2. The molecule has 2 heteroatoms. The van der Waals surface area contributed by atoms with E-state index in [1.807, 2.05) is 25.1 Å². The standard InChI is InChI=1S/C9H12N2/c1-7-2-3-9(11)8(6-7)4-5-10/h2-6H,10-11H2,1H3/b5-4-. The third-order valence-electron chi connectivity index (χ3n) is 1.52. The van der Waals surface area contributed by atoms with Crippen LogP contribution in [0.4, 0.5) is 5.69 Å². The van der Waals surface area contributed by atoms with Gasteiger partial charge < -0.3 is 11.5 Å². The summed E-state index contributed by atoms with van der Waals surface area (Å²) in [7, 11) is 0. The Morgan fingerprint density at radius 1 is 1.36 bits per heavy atom. The van der Waals surface area contributed by atoms with Crippen LogP contribution in [0.3, 0.4) is 0 Å². The zero-order chi connectivity index (χ0) is 8.27. The predicted octanol–water partition coefficient (Wildman–Crippen LogP) is 1.51. The Morgan fingerprint density at radius 3 is 2.73 bits per heavy atom. The average Bonchev–Trinajstić information content (AvgIpc) is 1.98. The van der Waals surface area contributed by atoms with Crippen molar-refractivity contribution in [2.45, 2.75) is 6.92 Å². The van der Waals surface area contributed by atoms with Gasteiger partial charge in [-0.3, -0.25) is 0 Å². The van der Waals surface area contributed by atoms with Gasteiger partial charge in [0.25, 0.3) is 0 Å². The zero-order valence-corrected chi connectivity index (χ0v) is 6.54. The van der Waals surface area contributed by atoms with Crippen LogP contribution in [0.25, 0.3) is 6.08 Å². The first-order chi connectivity index (χ1) is 5.24. The Bertz CT molecular complexity index is 277. The molecule has 1 rings (SSSR count). The molecule has 0 unspecified atom stereocenters. The van der Waals surface area contributed by atoms with Gasteiger partial charge in [0, 0.05) is 5.69 Å². The predicted molar refractivity (Wildman–Crippen MR) is 48.8 cm³/mol. The molecular formula is C9H12N2. The van der Waals surface area contributed by atoms with E-state index in [2.05, 4.69) is 0 Å². The summed E-state index contributed by atoms with van der Waals surface area (Å²) in [5.74, 6) is 0. The normalized spacial score (nSPS) is 10.6. The molecule has 0 aliphatic heterocycles. The summed E-state index contributed by atoms with van der Waals surface area (Å²) in [5.41, 5.74) is 13.8. The van der Waals surface area contributed by atoms with Crippen LogP contribution in [0.5, 0.6) is 0 Å². The molecule has 1 aromatic rings. The Labute approximate surface area is 66.5 Å². The quantitative estimate of drug-likeness (QED) is 0.593. The number of nitrogen functional groups attached to an aromatic ring is 1. The van der Waals surface area contributed by atoms with Crippen molar-refractivity contribution in [2.24, 2.45) is 5.73 Å². The molecule has 0 bridgehead atoms. The summed E-state index contributed by atoms with van der Waals surface area (Å²) in [6.07, 6.45) is 3.29. The molecule has 0 saturated heterocycles. The Hall–Kier alpha value is -1.44. The van der Waals surface area contributed by atoms with Crippen molar-refractivity contribution < 1.29 is 0 Å². The Balaban J connectivity index is 3.12. The highest BCUT2D eigenvalue weighted by Gasteiger charge is 1.93. The minimum Gasteiger partial charge on any atom is -0.405 e. The third kappa shape index (κ3) is 1.74. The molecule has 0 aromatic heterocycles. The lowest BCUT2D eigenvalue weighted by Crippen LogP contribution is -1.90. The molecule has 58 valence electrons. The second-order valence-electron chi connectivity index (χ2n) is 2.49. The first kappa shape index (κ1) is 7.66. The smallest absolute Gasteiger partial charge is 0.0388 e. The van der Waals surface area contributed by atoms with Gasteiger partial charge in [0.15, 0.2) is 0 Å². The molecule has 0 saturated carbocycles. The minimum atomic E-state index is 0.761. The number of aryl methyl sites for hydroxylation is 1. The van der Waals surface area contributed by atoms with Crippen molar-refractivity contribution >= 4 is 11.8 Å². The fourth-order valence-electron chi connectivity index (χ4n) is 0.942. The van der Waals surface area contributed by atoms with E-state index in [4.69, 9.17) is 11.5 Å². The lowest BCUT2D eigenvalue weighted by molar-refractivity contribution is 1.45. The first-order valence-corrected chi connectivity index (χ1v) is 3.48. The molecule has 0 amide bonds. The van der Waals surface area contributed by atoms with Crippen molar-refractivity contribution in [3.05, 3.63) is 35.5 Å². The van der Waals surface area contributed by atoms with Gasteiger partial charge in [-0.25, -0.2) is 0 Å². The van der Waals surface area contributed by atoms with Gasteiger partial charge in [-0.1, -0.05) is 11.6 Å². The van der Waals surface area contributed by atoms with Crippen LogP contribution in [0.15, 0.2) is 24.4 Å². The highest BCUT2D eigenvalue weighted by atomic mass is 14.6. The summed E-state index contributed by atoms with van der Waals surface area (Å²) >= 11 is 0. The molecule has 0 spiro atoms. The van der Waals surface area contributed by atoms with E-state index in [1.54, 1.807) is 6.08 Å². The summed E-state index contributed by atoms with van der Waals surface area (Å²) in [4.78, 5) is 0. The van der Waals surface area contributed by atoms with Crippen LogP contribution < -0.4 is 11.5 Å². The van der Waals surface area contributed by atoms with Crippen LogP contribution in [0.2, 0.25) is 0 Å². The second-order valence-corrected chi connectivity index (χ2v) is 2.49. The summed E-state index contributed by atoms with van der Waals surface area (Å²) in [5, 5.41) is 0. The maximum Gasteiger partial charge on any atom is 0.0388 e. The van der Waals surface area contributed by atoms with Gasteiger partial charge in [0.1, 0.15) is 0 Å². The van der Waals surface area contributed by atoms with Crippen LogP contribution >= 0.6 is 0 Å². The third-order valence-corrected chi connectivity index (χ3v) is 1.52. The van der Waals surface area contributed by atoms with Gasteiger partial charge in [-0.05, 0) is 36.9 Å². The molecule has 2 nitrogen and oxygen atoms in total. The molecular weight excluding hydrogens is 136 g/mol. The minimum absolute atomic E-state index is 0.761. The SMILES string of the molecule is Cc1ccc(N)c(/C=C\N)c1. The lowest BCUT2D eigenvalue weighted by atomic mass is 10.1. The van der Waals surface area contributed by atoms with Crippen LogP contribution in [-0.2, 0) is 0 Å². The van der Waals surface area contributed by atoms with Gasteiger partial charge >= 0.3 is 0 Å². The summed E-state index contributed by atoms with van der Waals surface area (Å²) < 4.78 is 0. The topological polar surface area (TPSA) is 52.0 Å². The van der Waals surface area contributed by atoms with E-state index < -0.39 is 0 Å². The van der Waals surface area contributed by atoms with Crippen LogP contribution in [-0.4, -0.2) is 0 Å². The van der Waals surface area contributed by atoms with E-state index >= 15 is 0 Å². The Kier molecular flexibility index (Phi) is 2.16. The average molecular weight is 148 g/mol. The van der Waals surface area contributed by atoms with E-state index in [9.17, 15) is 0 Å². The molecule has 0 aliphatic carbocycles. The van der Waals surface area contributed by atoms with Gasteiger partial charge in [-0.2, -0.15) is 0 Å². The molecule has 1 aromatic carbocycles. The van der Waals surface area contributed by atoms with Crippen molar-refractivity contribution in [1.29, 1.82) is 0 Å². The van der Waals surface area contributed by atoms with Crippen molar-refractivity contribution in [3.63, 3.8) is 0 Å². The van der Waals surface area contributed by atoms with Gasteiger partial charge in [0.05, 0.1) is 0 Å². The number of rotatable bonds is 1. The van der Waals surface area contributed by atoms with Gasteiger partial charge in [-0.15, -0.1) is 0 Å². The monoisotopic (exact) mass is 148 g/mol. The van der Waals surface area contributed by atoms with Gasteiger partial charge in [0.2, 0.25) is 0 Å². The van der Waals surface area contributed by atoms with E-state index in [0.29, 0.717) is 0 Å². The molecule has 4 N–H and O–H groups in total. The van der Waals surface area contributed by atoms with Crippen LogP contribution in [0, 0.1) is 6.92 Å². The highest BCUT2D eigenvalue weighted by Crippen LogP contribution is 2.14. The number of anilines is 1. The van der Waals surface area contributed by atoms with E-state index in [1.165, 1.54) is 11.8 Å². The van der Waals surface area contributed by atoms with Crippen molar-refractivity contribution in [1.82, 2.24) is 0 Å². The zero-order valence-electron chi connectivity index (χ0n) is 6.54. The van der Waals surface area contributed by atoms with Crippen molar-refractivity contribution in [2.75, 3.05) is 5.73 Å². The molecule has 0 atom stereocenters. The molecule has 11 heavy (non-hydrogen) atoms. The van der Waals surface area contributed by atoms with E-state index in [-0.39, 0.29) is 0 Å². The number of hydrogen-bond donors (Lipinski definition) is 2. The summed E-state index contributed by atoms with van der Waals surface area (Å²) in [6, 6.07) is 5.85. The van der Waals surface area contributed by atoms with E-state index in [0.717, 1.165) is 11.3 Å². The highest BCUT2D eigenvalue weighted by molar-refractivity contribution is 5.64. The first-order valence-electron chi connectivity index (χ1n) is 3.48. The fourth-order valence-corrected chi connectivity index (χ4v) is 0.942. The number of benzene rings is 1. The molecule has 0 heterocycles. The molecule has 0 fully saturated rings. The second kappa shape index (κ2) is 3.10. The van der Waals surface area contributed by atoms with Crippen molar-refractivity contribution in [3.8, 4) is 0 Å². The van der Waals surface area contributed by atoms with Crippen LogP contribution in [0.1, 0.15) is 11.1 Å². The molecule has 0 aliphatic rings. The fraction of sp³-hybridized carbons (Fsp3) is 0.111.